The smallest absolute Gasteiger partial charge is 0.248 e. The van der Waals surface area contributed by atoms with Gasteiger partial charge in [0.15, 0.2) is 34.7 Å². The van der Waals surface area contributed by atoms with Crippen molar-refractivity contribution < 1.29 is 37.3 Å². The molecule has 20 nitrogen and oxygen atoms in total. The molecule has 12 rings (SSSR count). The maximum absolute atomic E-state index is 13.9. The summed E-state index contributed by atoms with van der Waals surface area (Å²) in [5.41, 5.74) is 24.2. The number of carbonyl (C=O) groups excluding carboxylic acids is 1. The van der Waals surface area contributed by atoms with Crippen LogP contribution in [0.15, 0.2) is 110 Å². The van der Waals surface area contributed by atoms with Gasteiger partial charge in [0, 0.05) is 135 Å². The number of aliphatic hydroxyl groups excluding tert-OH is 1. The summed E-state index contributed by atoms with van der Waals surface area (Å²) in [5, 5.41) is 23.4. The maximum atomic E-state index is 13.9. The number of aromatic nitrogens is 9. The lowest BCUT2D eigenvalue weighted by molar-refractivity contribution is -0.135. The Balaban J connectivity index is 0.000000159. The molecular formula is C69H76Cl6F3N15O5. The number of rotatable bonds is 17. The van der Waals surface area contributed by atoms with Crippen molar-refractivity contribution in [2.45, 2.75) is 116 Å². The number of nitrogens with two attached hydrogens (primary N) is 3. The molecule has 520 valence electrons. The number of nitrogens with zero attached hydrogens (tertiary/aromatic N) is 12. The van der Waals surface area contributed by atoms with Crippen molar-refractivity contribution in [3.8, 4) is 50.6 Å². The van der Waals surface area contributed by atoms with E-state index in [4.69, 9.17) is 106 Å². The Kier molecular flexibility index (Phi) is 24.3. The average molecular weight is 1470 g/mol. The summed E-state index contributed by atoms with van der Waals surface area (Å²) in [4.78, 5) is 30.9. The number of pyridine rings is 3. The van der Waals surface area contributed by atoms with E-state index in [-0.39, 0.29) is 49.5 Å². The zero-order valence-corrected chi connectivity index (χ0v) is 59.2. The highest BCUT2D eigenvalue weighted by Gasteiger charge is 2.28. The average Bonchev–Trinajstić information content (AvgIpc) is 1.23. The van der Waals surface area contributed by atoms with Crippen molar-refractivity contribution in [1.29, 1.82) is 0 Å². The Morgan fingerprint density at radius 1 is 0.490 bits per heavy atom. The van der Waals surface area contributed by atoms with E-state index in [2.05, 4.69) is 60.9 Å². The molecule has 3 saturated heterocycles. The summed E-state index contributed by atoms with van der Waals surface area (Å²) in [5.74, 6) is -0.286. The molecule has 3 unspecified atom stereocenters. The lowest BCUT2D eigenvalue weighted by Crippen LogP contribution is -2.40. The number of benzene rings is 3. The number of hydrogen-bond donors (Lipinski definition) is 4. The molecular weight excluding hydrogens is 1390 g/mol. The van der Waals surface area contributed by atoms with E-state index < -0.39 is 42.4 Å². The molecule has 0 bridgehead atoms. The second kappa shape index (κ2) is 32.6. The van der Waals surface area contributed by atoms with Gasteiger partial charge in [0.1, 0.15) is 42.4 Å². The summed E-state index contributed by atoms with van der Waals surface area (Å²) in [6.07, 6.45) is 20.2. The summed E-state index contributed by atoms with van der Waals surface area (Å²) >= 11 is 37.0. The SMILES string of the molecule is CC(Oc1cc(-c2cnn(C3CCN(C(=O)CO)CC3)c2)cnc1N)c1c(Cl)ccc(F)c1Cl.CC(Oc1cc(-c2cnn(C3CCN(C(C)C)CC3)c2)cnc1N)c1c(Cl)ccc(F)c1Cl.CC(Oc1cc(-c2cnn(C3CCN(C)CC3)c2)cnc1N)c1c(Cl)ccc(F)c1Cl. The molecule has 9 heterocycles. The van der Waals surface area contributed by atoms with E-state index in [0.717, 1.165) is 98.1 Å². The van der Waals surface area contributed by atoms with Crippen LogP contribution >= 0.6 is 69.6 Å². The molecule has 9 aromatic rings. The summed E-state index contributed by atoms with van der Waals surface area (Å²) < 4.78 is 65.7. The molecule has 7 N–H and O–H groups in total. The molecule has 3 aliphatic heterocycles. The van der Waals surface area contributed by atoms with Gasteiger partial charge in [-0.05, 0) is 148 Å². The van der Waals surface area contributed by atoms with E-state index in [9.17, 15) is 18.0 Å². The molecule has 0 radical (unpaired) electrons. The predicted octanol–water partition coefficient (Wildman–Crippen LogP) is 15.8. The van der Waals surface area contributed by atoms with Gasteiger partial charge in [0.05, 0.1) is 51.8 Å². The lowest BCUT2D eigenvalue weighted by atomic mass is 10.0. The molecule has 29 heteroatoms. The number of hydrogen-bond acceptors (Lipinski definition) is 16. The van der Waals surface area contributed by atoms with Crippen molar-refractivity contribution in [2.75, 3.05) is 70.1 Å². The van der Waals surface area contributed by atoms with Gasteiger partial charge < -0.3 is 51.2 Å². The first-order valence-electron chi connectivity index (χ1n) is 32.0. The van der Waals surface area contributed by atoms with E-state index in [1.807, 2.05) is 51.1 Å². The van der Waals surface area contributed by atoms with Gasteiger partial charge in [0.25, 0.3) is 0 Å². The minimum absolute atomic E-state index is 0.0672. The largest absolute Gasteiger partial charge is 0.482 e. The standard InChI is InChI=1S/C24H28Cl2FN5O.C23H24Cl2FN5O3.C22H24Cl2FN5O/c1-14(2)31-8-6-18(7-9-31)32-13-17(12-30-32)16-10-21(24(28)29-11-16)33-15(3)22-19(25)4-5-20(27)23(22)26;1-13(21-17(24)2-3-18(26)22(21)25)34-19-8-14(9-28-23(19)27)15-10-29-31(11-15)16-4-6-30(7-5-16)20(33)12-32;1-13(20-17(23)3-4-18(25)21(20)24)31-19-9-14(10-27-22(19)26)15-11-28-30(12-15)16-5-7-29(2)8-6-16/h4-5,10-15,18H,6-9H2,1-3H3,(H2,28,29);2-3,8-11,13,16,32H,4-7,12H2,1H3,(H2,27,28);3-4,9-13,16H,5-8H2,1-2H3,(H2,26,27). The first-order valence-corrected chi connectivity index (χ1v) is 34.2. The Morgan fingerprint density at radius 2 is 0.796 bits per heavy atom. The number of ether oxygens (including phenoxy) is 3. The van der Waals surface area contributed by atoms with Gasteiger partial charge in [-0.15, -0.1) is 0 Å². The van der Waals surface area contributed by atoms with Crippen LogP contribution in [0, 0.1) is 17.5 Å². The number of nitrogen functional groups attached to an aromatic ring is 3. The molecule has 3 atom stereocenters. The van der Waals surface area contributed by atoms with E-state index >= 15 is 0 Å². The summed E-state index contributed by atoms with van der Waals surface area (Å²) in [6.45, 7) is 14.6. The molecule has 3 fully saturated rings. The monoisotopic (exact) mass is 1460 g/mol. The molecule has 0 spiro atoms. The van der Waals surface area contributed by atoms with Crippen molar-refractivity contribution in [2.24, 2.45) is 0 Å². The normalized spacial score (nSPS) is 16.0. The van der Waals surface area contributed by atoms with Crippen LogP contribution in [0.25, 0.3) is 33.4 Å². The van der Waals surface area contributed by atoms with Gasteiger partial charge >= 0.3 is 0 Å². The Labute approximate surface area is 596 Å². The van der Waals surface area contributed by atoms with Gasteiger partial charge in [-0.2, -0.15) is 15.3 Å². The van der Waals surface area contributed by atoms with Crippen LogP contribution < -0.4 is 31.4 Å². The molecule has 6 aromatic heterocycles. The zero-order chi connectivity index (χ0) is 70.2. The first-order chi connectivity index (χ1) is 46.8. The number of halogens is 9. The zero-order valence-electron chi connectivity index (χ0n) is 54.7. The van der Waals surface area contributed by atoms with Crippen LogP contribution in [-0.4, -0.2) is 129 Å². The fourth-order valence-corrected chi connectivity index (χ4v) is 14.1. The molecule has 98 heavy (non-hydrogen) atoms. The first kappa shape index (κ1) is 73.1. The number of likely N-dealkylation sites (tertiary alicyclic amines) is 3. The summed E-state index contributed by atoms with van der Waals surface area (Å²) in [7, 11) is 2.14. The second-order valence-electron chi connectivity index (χ2n) is 24.7. The quantitative estimate of drug-likeness (QED) is 0.0619. The van der Waals surface area contributed by atoms with Crippen LogP contribution in [-0.2, 0) is 4.79 Å². The molecule has 3 aromatic carbocycles. The number of anilines is 3. The predicted molar refractivity (Wildman–Crippen MR) is 379 cm³/mol. The molecule has 1 amide bonds. The third kappa shape index (κ3) is 17.3. The van der Waals surface area contributed by atoms with Gasteiger partial charge in [-0.25, -0.2) is 28.1 Å². The van der Waals surface area contributed by atoms with Gasteiger partial charge in [-0.1, -0.05) is 69.6 Å². The van der Waals surface area contributed by atoms with Gasteiger partial charge in [-0.3, -0.25) is 18.8 Å². The van der Waals surface area contributed by atoms with Crippen molar-refractivity contribution in [1.82, 2.24) is 59.0 Å². The fraction of sp³-hybridized carbons (Fsp3) is 0.377. The lowest BCUT2D eigenvalue weighted by Gasteiger charge is -2.34. The maximum Gasteiger partial charge on any atom is 0.248 e. The Hall–Kier alpha value is -7.58. The third-order valence-corrected chi connectivity index (χ3v) is 20.0. The van der Waals surface area contributed by atoms with Crippen LogP contribution in [0.2, 0.25) is 30.1 Å². The van der Waals surface area contributed by atoms with Crippen molar-refractivity contribution in [3.05, 3.63) is 175 Å². The second-order valence-corrected chi connectivity index (χ2v) is 27.0. The minimum atomic E-state index is -0.676. The van der Waals surface area contributed by atoms with Crippen LogP contribution in [0.1, 0.15) is 126 Å². The van der Waals surface area contributed by atoms with E-state index in [1.54, 1.807) is 62.6 Å². The number of amides is 1. The minimum Gasteiger partial charge on any atom is -0.482 e. The number of aliphatic hydroxyl groups is 1. The highest BCUT2D eigenvalue weighted by Crippen LogP contribution is 2.42. The fourth-order valence-electron chi connectivity index (χ4n) is 12.1. The summed E-state index contributed by atoms with van der Waals surface area (Å²) in [6, 6.07) is 14.8. The van der Waals surface area contributed by atoms with Crippen LogP contribution in [0.4, 0.5) is 30.6 Å². The van der Waals surface area contributed by atoms with E-state index in [0.29, 0.717) is 75.2 Å². The topological polar surface area (TPSA) is 245 Å². The van der Waals surface area contributed by atoms with Crippen LogP contribution in [0.3, 0.4) is 0 Å². The highest BCUT2D eigenvalue weighted by atomic mass is 35.5. The molecule has 0 saturated carbocycles. The number of piperidine rings is 3. The van der Waals surface area contributed by atoms with Crippen molar-refractivity contribution >= 4 is 93.0 Å². The van der Waals surface area contributed by atoms with Crippen LogP contribution in [0.5, 0.6) is 17.2 Å². The third-order valence-electron chi connectivity index (χ3n) is 17.8. The highest BCUT2D eigenvalue weighted by molar-refractivity contribution is 6.37. The Morgan fingerprint density at radius 3 is 1.10 bits per heavy atom. The van der Waals surface area contributed by atoms with Crippen molar-refractivity contribution in [3.63, 3.8) is 0 Å². The number of carbonyl (C=O) groups is 1. The van der Waals surface area contributed by atoms with Gasteiger partial charge in [0.2, 0.25) is 5.91 Å². The molecule has 3 aliphatic rings. The Bertz CT molecular complexity index is 4250. The van der Waals surface area contributed by atoms with E-state index in [1.165, 1.54) is 36.4 Å². The molecule has 0 aliphatic carbocycles.